The molecule has 150 valence electrons. The van der Waals surface area contributed by atoms with Crippen LogP contribution in [0.4, 0.5) is 0 Å². The Labute approximate surface area is 169 Å². The summed E-state index contributed by atoms with van der Waals surface area (Å²) in [5, 5.41) is 8.32. The Morgan fingerprint density at radius 3 is 2.75 bits per heavy atom. The zero-order chi connectivity index (χ0) is 19.8. The molecule has 3 rings (SSSR count). The first-order chi connectivity index (χ1) is 13.7. The van der Waals surface area contributed by atoms with Crippen LogP contribution in [0.5, 0.6) is 11.5 Å². The summed E-state index contributed by atoms with van der Waals surface area (Å²) in [4.78, 5) is 19.9. The van der Waals surface area contributed by atoms with Crippen molar-refractivity contribution >= 4 is 23.2 Å². The Bertz CT molecular complexity index is 804. The minimum atomic E-state index is 0.0780. The highest BCUT2D eigenvalue weighted by Crippen LogP contribution is 2.23. The van der Waals surface area contributed by atoms with Crippen molar-refractivity contribution < 1.29 is 14.3 Å². The molecule has 0 atom stereocenters. The maximum atomic E-state index is 12.5. The fourth-order valence-corrected chi connectivity index (χ4v) is 3.85. The van der Waals surface area contributed by atoms with Gasteiger partial charge in [0.2, 0.25) is 5.91 Å². The molecule has 0 saturated heterocycles. The van der Waals surface area contributed by atoms with Gasteiger partial charge >= 0.3 is 0 Å². The number of fused-ring (bicyclic) bond motifs is 1. The molecular formula is C20H26N4O3S. The first kappa shape index (κ1) is 20.0. The second-order valence-electron chi connectivity index (χ2n) is 6.31. The molecule has 0 radical (unpaired) electrons. The van der Waals surface area contributed by atoms with Gasteiger partial charge in [-0.15, -0.1) is 11.3 Å². The number of ether oxygens (including phenoxy) is 2. The second-order valence-corrected chi connectivity index (χ2v) is 7.31. The standard InChI is InChI=1S/C20H26N4O3S/c1-21-20(22-9-11-27-17-5-3-16(26-2)4-6-17)23-13-19(25)24-10-7-18-15(14-24)8-12-28-18/h3-6,8,12H,7,9-11,13-14H2,1-2H3,(H2,21,22,23). The van der Waals surface area contributed by atoms with Crippen molar-refractivity contribution in [1.29, 1.82) is 0 Å². The zero-order valence-corrected chi connectivity index (χ0v) is 17.1. The summed E-state index contributed by atoms with van der Waals surface area (Å²) in [5.74, 6) is 2.23. The summed E-state index contributed by atoms with van der Waals surface area (Å²) in [7, 11) is 3.32. The number of methoxy groups -OCH3 is 1. The molecule has 7 nitrogen and oxygen atoms in total. The molecule has 2 heterocycles. The molecule has 0 spiro atoms. The maximum absolute atomic E-state index is 12.5. The molecule has 0 unspecified atom stereocenters. The third-order valence-corrected chi connectivity index (χ3v) is 5.54. The lowest BCUT2D eigenvalue weighted by Gasteiger charge is -2.27. The van der Waals surface area contributed by atoms with Gasteiger partial charge in [-0.05, 0) is 47.7 Å². The molecule has 1 aromatic heterocycles. The van der Waals surface area contributed by atoms with Crippen LogP contribution in [0.1, 0.15) is 10.4 Å². The monoisotopic (exact) mass is 402 g/mol. The van der Waals surface area contributed by atoms with Gasteiger partial charge in [0.1, 0.15) is 18.1 Å². The number of amides is 1. The van der Waals surface area contributed by atoms with Crippen LogP contribution >= 0.6 is 11.3 Å². The number of benzene rings is 1. The van der Waals surface area contributed by atoms with E-state index in [9.17, 15) is 4.79 Å². The zero-order valence-electron chi connectivity index (χ0n) is 16.2. The third-order valence-electron chi connectivity index (χ3n) is 4.51. The van der Waals surface area contributed by atoms with Crippen molar-refractivity contribution in [3.05, 3.63) is 46.2 Å². The Balaban J connectivity index is 1.35. The number of nitrogens with one attached hydrogen (secondary N) is 2. The quantitative estimate of drug-likeness (QED) is 0.420. The predicted molar refractivity (Wildman–Crippen MR) is 111 cm³/mol. The Hall–Kier alpha value is -2.74. The first-order valence-corrected chi connectivity index (χ1v) is 10.1. The average molecular weight is 403 g/mol. The highest BCUT2D eigenvalue weighted by atomic mass is 32.1. The highest BCUT2D eigenvalue weighted by molar-refractivity contribution is 7.10. The van der Waals surface area contributed by atoms with Crippen molar-refractivity contribution in [1.82, 2.24) is 15.5 Å². The summed E-state index contributed by atoms with van der Waals surface area (Å²) < 4.78 is 10.8. The number of thiophene rings is 1. The van der Waals surface area contributed by atoms with Gasteiger partial charge in [0, 0.05) is 25.0 Å². The van der Waals surface area contributed by atoms with Gasteiger partial charge in [-0.2, -0.15) is 0 Å². The van der Waals surface area contributed by atoms with Gasteiger partial charge in [0.15, 0.2) is 5.96 Å². The van der Waals surface area contributed by atoms with Crippen LogP contribution in [0, 0.1) is 0 Å². The van der Waals surface area contributed by atoms with Gasteiger partial charge in [0.05, 0.1) is 20.2 Å². The molecule has 8 heteroatoms. The Kier molecular flexibility index (Phi) is 7.13. The summed E-state index contributed by atoms with van der Waals surface area (Å²) in [6, 6.07) is 9.54. The van der Waals surface area contributed by atoms with Crippen molar-refractivity contribution in [2.24, 2.45) is 4.99 Å². The van der Waals surface area contributed by atoms with E-state index in [-0.39, 0.29) is 12.5 Å². The number of carbonyl (C=O) groups excluding carboxylic acids is 1. The number of nitrogens with zero attached hydrogens (tertiary/aromatic N) is 2. The molecule has 0 saturated carbocycles. The van der Waals surface area contributed by atoms with Crippen LogP contribution < -0.4 is 20.1 Å². The van der Waals surface area contributed by atoms with Gasteiger partial charge in [-0.1, -0.05) is 0 Å². The van der Waals surface area contributed by atoms with Crippen molar-refractivity contribution in [3.63, 3.8) is 0 Å². The molecule has 2 aromatic rings. The predicted octanol–water partition coefficient (Wildman–Crippen LogP) is 1.89. The van der Waals surface area contributed by atoms with E-state index in [0.717, 1.165) is 24.5 Å². The van der Waals surface area contributed by atoms with Crippen LogP contribution in [0.2, 0.25) is 0 Å². The number of aliphatic imine (C=N–C) groups is 1. The van der Waals surface area contributed by atoms with Crippen LogP contribution in [-0.2, 0) is 17.8 Å². The molecule has 1 aromatic carbocycles. The summed E-state index contributed by atoms with van der Waals surface area (Å²) in [6.07, 6.45) is 0.939. The summed E-state index contributed by atoms with van der Waals surface area (Å²) in [6.45, 7) is 2.74. The normalized spacial score (nSPS) is 13.6. The number of guanidine groups is 1. The average Bonchev–Trinajstić information content (AvgIpc) is 3.21. The van der Waals surface area contributed by atoms with E-state index in [2.05, 4.69) is 27.1 Å². The van der Waals surface area contributed by atoms with E-state index in [1.807, 2.05) is 29.2 Å². The first-order valence-electron chi connectivity index (χ1n) is 9.24. The van der Waals surface area contributed by atoms with Crippen molar-refractivity contribution in [2.75, 3.05) is 40.4 Å². The molecule has 1 amide bonds. The van der Waals surface area contributed by atoms with E-state index < -0.39 is 0 Å². The molecule has 28 heavy (non-hydrogen) atoms. The molecule has 0 bridgehead atoms. The van der Waals surface area contributed by atoms with E-state index >= 15 is 0 Å². The Morgan fingerprint density at radius 2 is 2.00 bits per heavy atom. The van der Waals surface area contributed by atoms with E-state index in [0.29, 0.717) is 25.7 Å². The second kappa shape index (κ2) is 9.98. The molecule has 0 fully saturated rings. The van der Waals surface area contributed by atoms with E-state index in [1.165, 1.54) is 10.4 Å². The van der Waals surface area contributed by atoms with E-state index in [4.69, 9.17) is 9.47 Å². The molecule has 0 aliphatic carbocycles. The minimum Gasteiger partial charge on any atom is -0.497 e. The number of carbonyl (C=O) groups is 1. The van der Waals surface area contributed by atoms with Crippen LogP contribution in [0.15, 0.2) is 40.7 Å². The van der Waals surface area contributed by atoms with Gasteiger partial charge < -0.3 is 25.0 Å². The molecular weight excluding hydrogens is 376 g/mol. The number of rotatable bonds is 7. The Morgan fingerprint density at radius 1 is 1.21 bits per heavy atom. The minimum absolute atomic E-state index is 0.0780. The summed E-state index contributed by atoms with van der Waals surface area (Å²) >= 11 is 1.77. The van der Waals surface area contributed by atoms with Gasteiger partial charge in [0.25, 0.3) is 0 Å². The largest absolute Gasteiger partial charge is 0.497 e. The lowest BCUT2D eigenvalue weighted by atomic mass is 10.1. The summed E-state index contributed by atoms with van der Waals surface area (Å²) in [5.41, 5.74) is 1.27. The number of hydrogen-bond acceptors (Lipinski definition) is 5. The lowest BCUT2D eigenvalue weighted by molar-refractivity contribution is -0.130. The number of hydrogen-bond donors (Lipinski definition) is 2. The topological polar surface area (TPSA) is 75.2 Å². The van der Waals surface area contributed by atoms with Gasteiger partial charge in [-0.3, -0.25) is 9.79 Å². The highest BCUT2D eigenvalue weighted by Gasteiger charge is 2.21. The fourth-order valence-electron chi connectivity index (χ4n) is 2.96. The van der Waals surface area contributed by atoms with Crippen LogP contribution in [0.3, 0.4) is 0 Å². The molecule has 1 aliphatic heterocycles. The van der Waals surface area contributed by atoms with Crippen molar-refractivity contribution in [2.45, 2.75) is 13.0 Å². The van der Waals surface area contributed by atoms with Crippen molar-refractivity contribution in [3.8, 4) is 11.5 Å². The third kappa shape index (κ3) is 5.39. The van der Waals surface area contributed by atoms with Crippen LogP contribution in [0.25, 0.3) is 0 Å². The van der Waals surface area contributed by atoms with Crippen LogP contribution in [-0.4, -0.2) is 57.2 Å². The maximum Gasteiger partial charge on any atom is 0.242 e. The van der Waals surface area contributed by atoms with Gasteiger partial charge in [-0.25, -0.2) is 0 Å². The van der Waals surface area contributed by atoms with E-state index in [1.54, 1.807) is 25.5 Å². The molecule has 2 N–H and O–H groups in total. The SMILES string of the molecule is CN=C(NCCOc1ccc(OC)cc1)NCC(=O)N1CCc2sccc2C1. The molecule has 1 aliphatic rings. The fraction of sp³-hybridized carbons (Fsp3) is 0.400. The lowest BCUT2D eigenvalue weighted by Crippen LogP contribution is -2.46. The smallest absolute Gasteiger partial charge is 0.242 e.